The van der Waals surface area contributed by atoms with Gasteiger partial charge in [0.05, 0.1) is 19.8 Å². The summed E-state index contributed by atoms with van der Waals surface area (Å²) in [6.45, 7) is 9.09. The standard InChI is InChI=1S/C21H26N2O2/c1-15-6-7-16(25-15)12-22-13-19-17-4-2-3-5-18(17)21(20(19)14-22)23-8-10-24-11-9-23/h2-7,19-21H,8-14H2,1H3/t19-,20+,21+/m0/s1. The van der Waals surface area contributed by atoms with Gasteiger partial charge in [-0.05, 0) is 36.1 Å². The van der Waals surface area contributed by atoms with Crippen molar-refractivity contribution in [3.05, 3.63) is 59.0 Å². The average molecular weight is 338 g/mol. The van der Waals surface area contributed by atoms with Gasteiger partial charge in [0, 0.05) is 38.1 Å². The van der Waals surface area contributed by atoms with Gasteiger partial charge in [0.15, 0.2) is 0 Å². The second kappa shape index (κ2) is 6.27. The van der Waals surface area contributed by atoms with Gasteiger partial charge in [-0.2, -0.15) is 0 Å². The fourth-order valence-corrected chi connectivity index (χ4v) is 5.15. The molecule has 1 aliphatic carbocycles. The lowest BCUT2D eigenvalue weighted by Gasteiger charge is -2.36. The number of aryl methyl sites for hydroxylation is 1. The number of nitrogens with zero attached hydrogens (tertiary/aromatic N) is 2. The number of likely N-dealkylation sites (tertiary alicyclic amines) is 1. The van der Waals surface area contributed by atoms with Gasteiger partial charge in [0.2, 0.25) is 0 Å². The predicted octanol–water partition coefficient (Wildman–Crippen LogP) is 3.19. The van der Waals surface area contributed by atoms with Crippen molar-refractivity contribution in [2.24, 2.45) is 5.92 Å². The second-order valence-corrected chi connectivity index (χ2v) is 7.70. The van der Waals surface area contributed by atoms with Gasteiger partial charge in [-0.3, -0.25) is 9.80 Å². The summed E-state index contributed by atoms with van der Waals surface area (Å²) >= 11 is 0. The summed E-state index contributed by atoms with van der Waals surface area (Å²) in [6, 6.07) is 13.9. The van der Waals surface area contributed by atoms with Crippen molar-refractivity contribution in [1.82, 2.24) is 9.80 Å². The van der Waals surface area contributed by atoms with E-state index in [1.54, 1.807) is 11.1 Å². The van der Waals surface area contributed by atoms with Crippen LogP contribution in [0.1, 0.15) is 34.6 Å². The maximum atomic E-state index is 5.81. The number of hydrogen-bond donors (Lipinski definition) is 0. The Morgan fingerprint density at radius 3 is 2.56 bits per heavy atom. The molecule has 4 heteroatoms. The fraction of sp³-hybridized carbons (Fsp3) is 0.524. The van der Waals surface area contributed by atoms with E-state index in [1.165, 1.54) is 0 Å². The fourth-order valence-electron chi connectivity index (χ4n) is 5.15. The van der Waals surface area contributed by atoms with E-state index in [1.807, 2.05) is 6.92 Å². The normalized spacial score (nSPS) is 29.7. The Morgan fingerprint density at radius 1 is 1.00 bits per heavy atom. The van der Waals surface area contributed by atoms with Crippen molar-refractivity contribution < 1.29 is 9.15 Å². The molecule has 0 spiro atoms. The van der Waals surface area contributed by atoms with E-state index >= 15 is 0 Å². The van der Waals surface area contributed by atoms with Crippen molar-refractivity contribution in [3.8, 4) is 0 Å². The SMILES string of the molecule is Cc1ccc(CN2C[C@H]3[C@H](N4CCOCC4)c4ccccc4[C@@H]3C2)o1. The number of fused-ring (bicyclic) bond motifs is 3. The molecular formula is C21H26N2O2. The highest BCUT2D eigenvalue weighted by molar-refractivity contribution is 5.41. The van der Waals surface area contributed by atoms with E-state index in [-0.39, 0.29) is 0 Å². The van der Waals surface area contributed by atoms with Crippen molar-refractivity contribution in [2.45, 2.75) is 25.4 Å². The van der Waals surface area contributed by atoms with Gasteiger partial charge in [-0.1, -0.05) is 24.3 Å². The van der Waals surface area contributed by atoms with Crippen LogP contribution in [0.15, 0.2) is 40.8 Å². The summed E-state index contributed by atoms with van der Waals surface area (Å²) < 4.78 is 11.4. The van der Waals surface area contributed by atoms with Crippen LogP contribution in [0, 0.1) is 12.8 Å². The molecule has 1 aromatic heterocycles. The number of hydrogen-bond acceptors (Lipinski definition) is 4. The molecule has 25 heavy (non-hydrogen) atoms. The quantitative estimate of drug-likeness (QED) is 0.859. The molecule has 2 aromatic rings. The van der Waals surface area contributed by atoms with Gasteiger partial charge < -0.3 is 9.15 Å². The van der Waals surface area contributed by atoms with Crippen molar-refractivity contribution in [1.29, 1.82) is 0 Å². The molecule has 4 nitrogen and oxygen atoms in total. The lowest BCUT2D eigenvalue weighted by molar-refractivity contribution is 0.00465. The topological polar surface area (TPSA) is 28.9 Å². The van der Waals surface area contributed by atoms with Crippen molar-refractivity contribution in [3.63, 3.8) is 0 Å². The van der Waals surface area contributed by atoms with Crippen LogP contribution in [0.5, 0.6) is 0 Å². The molecule has 132 valence electrons. The molecule has 0 unspecified atom stereocenters. The van der Waals surface area contributed by atoms with E-state index in [0.29, 0.717) is 17.9 Å². The van der Waals surface area contributed by atoms with Gasteiger partial charge in [-0.25, -0.2) is 0 Å². The van der Waals surface area contributed by atoms with E-state index in [4.69, 9.17) is 9.15 Å². The van der Waals surface area contributed by atoms with Gasteiger partial charge in [0.1, 0.15) is 11.5 Å². The highest BCUT2D eigenvalue weighted by Gasteiger charge is 2.48. The van der Waals surface area contributed by atoms with E-state index in [0.717, 1.165) is 57.5 Å². The maximum Gasteiger partial charge on any atom is 0.118 e. The molecule has 0 bridgehead atoms. The van der Waals surface area contributed by atoms with E-state index in [9.17, 15) is 0 Å². The molecule has 0 radical (unpaired) electrons. The average Bonchev–Trinajstić information content (AvgIpc) is 3.30. The van der Waals surface area contributed by atoms with Gasteiger partial charge in [0.25, 0.3) is 0 Å². The molecule has 0 amide bonds. The Labute approximate surface area is 149 Å². The van der Waals surface area contributed by atoms with Crippen molar-refractivity contribution in [2.75, 3.05) is 39.4 Å². The molecule has 0 saturated carbocycles. The molecule has 5 rings (SSSR count). The first-order valence-electron chi connectivity index (χ1n) is 9.48. The largest absolute Gasteiger partial charge is 0.465 e. The predicted molar refractivity (Wildman–Crippen MR) is 96.5 cm³/mol. The monoisotopic (exact) mass is 338 g/mol. The molecule has 3 atom stereocenters. The summed E-state index contributed by atoms with van der Waals surface area (Å²) in [7, 11) is 0. The summed E-state index contributed by atoms with van der Waals surface area (Å²) in [5, 5.41) is 0. The lowest BCUT2D eigenvalue weighted by Crippen LogP contribution is -2.41. The first-order chi connectivity index (χ1) is 12.3. The minimum Gasteiger partial charge on any atom is -0.465 e. The van der Waals surface area contributed by atoms with E-state index < -0.39 is 0 Å². The van der Waals surface area contributed by atoms with Crippen molar-refractivity contribution >= 4 is 0 Å². The Morgan fingerprint density at radius 2 is 1.80 bits per heavy atom. The van der Waals surface area contributed by atoms with Crippen LogP contribution in [0.25, 0.3) is 0 Å². The minimum atomic E-state index is 0.549. The zero-order valence-electron chi connectivity index (χ0n) is 14.9. The van der Waals surface area contributed by atoms with Crippen LogP contribution < -0.4 is 0 Å². The number of furan rings is 1. The molecule has 3 heterocycles. The second-order valence-electron chi connectivity index (χ2n) is 7.70. The summed E-state index contributed by atoms with van der Waals surface area (Å²) in [5.41, 5.74) is 3.13. The lowest BCUT2D eigenvalue weighted by atomic mass is 9.93. The molecule has 0 N–H and O–H groups in total. The van der Waals surface area contributed by atoms with Crippen LogP contribution in [0.4, 0.5) is 0 Å². The Balaban J connectivity index is 1.41. The van der Waals surface area contributed by atoms with Crippen LogP contribution in [0.2, 0.25) is 0 Å². The Kier molecular flexibility index (Phi) is 3.92. The zero-order valence-corrected chi connectivity index (χ0v) is 14.9. The summed E-state index contributed by atoms with van der Waals surface area (Å²) in [4.78, 5) is 5.24. The highest BCUT2D eigenvalue weighted by Crippen LogP contribution is 2.51. The van der Waals surface area contributed by atoms with Gasteiger partial charge >= 0.3 is 0 Å². The third kappa shape index (κ3) is 2.73. The van der Waals surface area contributed by atoms with E-state index in [2.05, 4.69) is 46.2 Å². The molecule has 2 fully saturated rings. The molecule has 1 aromatic carbocycles. The first-order valence-corrected chi connectivity index (χ1v) is 9.48. The third-order valence-corrected chi connectivity index (χ3v) is 6.17. The maximum absolute atomic E-state index is 5.81. The molecular weight excluding hydrogens is 312 g/mol. The molecule has 2 aliphatic heterocycles. The third-order valence-electron chi connectivity index (χ3n) is 6.17. The molecule has 2 saturated heterocycles. The van der Waals surface area contributed by atoms with Crippen LogP contribution in [-0.4, -0.2) is 49.2 Å². The summed E-state index contributed by atoms with van der Waals surface area (Å²) in [5.74, 6) is 3.44. The number of benzene rings is 1. The van der Waals surface area contributed by atoms with Crippen LogP contribution in [0.3, 0.4) is 0 Å². The molecule has 3 aliphatic rings. The zero-order chi connectivity index (χ0) is 16.8. The minimum absolute atomic E-state index is 0.549. The number of morpholine rings is 1. The van der Waals surface area contributed by atoms with Crippen LogP contribution >= 0.6 is 0 Å². The Bertz CT molecular complexity index is 750. The van der Waals surface area contributed by atoms with Crippen LogP contribution in [-0.2, 0) is 11.3 Å². The smallest absolute Gasteiger partial charge is 0.118 e. The number of rotatable bonds is 3. The van der Waals surface area contributed by atoms with Gasteiger partial charge in [-0.15, -0.1) is 0 Å². The first kappa shape index (κ1) is 15.6. The summed E-state index contributed by atoms with van der Waals surface area (Å²) in [6.07, 6.45) is 0. The Hall–Kier alpha value is -1.62. The highest BCUT2D eigenvalue weighted by atomic mass is 16.5. The number of ether oxygens (including phenoxy) is 1.